The molecule has 10 nitrogen and oxygen atoms in total. The average Bonchev–Trinajstić information content (AvgIpc) is 3.38. The van der Waals surface area contributed by atoms with Crippen molar-refractivity contribution in [1.29, 1.82) is 0 Å². The molecule has 0 atom stereocenters. The van der Waals surface area contributed by atoms with Gasteiger partial charge in [0.25, 0.3) is 5.91 Å². The fourth-order valence-corrected chi connectivity index (χ4v) is 4.51. The zero-order valence-corrected chi connectivity index (χ0v) is 18.6. The molecular formula is C24H25N5O5. The van der Waals surface area contributed by atoms with Gasteiger partial charge in [-0.15, -0.1) is 0 Å². The molecule has 2 aliphatic heterocycles. The highest BCUT2D eigenvalue weighted by atomic mass is 16.7. The molecule has 1 aromatic carbocycles. The van der Waals surface area contributed by atoms with E-state index in [1.807, 2.05) is 12.1 Å². The van der Waals surface area contributed by atoms with Gasteiger partial charge in [-0.05, 0) is 43.7 Å². The van der Waals surface area contributed by atoms with Gasteiger partial charge in [0.2, 0.25) is 13.2 Å². The Labute approximate surface area is 195 Å². The van der Waals surface area contributed by atoms with Gasteiger partial charge in [0.15, 0.2) is 11.5 Å². The quantitative estimate of drug-likeness (QED) is 0.517. The maximum atomic E-state index is 13.1. The summed E-state index contributed by atoms with van der Waals surface area (Å²) in [5.74, 6) is 2.26. The van der Waals surface area contributed by atoms with Crippen LogP contribution >= 0.6 is 0 Å². The van der Waals surface area contributed by atoms with Crippen LogP contribution in [0.15, 0.2) is 24.7 Å². The van der Waals surface area contributed by atoms with Gasteiger partial charge in [0.05, 0.1) is 23.3 Å². The molecule has 0 bridgehead atoms. The summed E-state index contributed by atoms with van der Waals surface area (Å²) in [6, 6.07) is 3.73. The van der Waals surface area contributed by atoms with Crippen molar-refractivity contribution < 1.29 is 23.8 Å². The monoisotopic (exact) mass is 463 g/mol. The number of nitrogens with zero attached hydrogens (tertiary/aromatic N) is 3. The lowest BCUT2D eigenvalue weighted by molar-refractivity contribution is -0.119. The second-order valence-electron chi connectivity index (χ2n) is 8.96. The Morgan fingerprint density at radius 1 is 1.21 bits per heavy atom. The molecular weight excluding hydrogens is 438 g/mol. The summed E-state index contributed by atoms with van der Waals surface area (Å²) in [4.78, 5) is 37.9. The van der Waals surface area contributed by atoms with E-state index in [0.29, 0.717) is 70.7 Å². The van der Waals surface area contributed by atoms with Crippen molar-refractivity contribution in [1.82, 2.24) is 25.2 Å². The SMILES string of the molecule is O=CN1CCC(NC(=O)c2c[nH]c3c(-c4c(OCC5CC5)ccc5c4OCO5)ncnc23)CC1. The van der Waals surface area contributed by atoms with Crippen LogP contribution in [0.5, 0.6) is 17.2 Å². The van der Waals surface area contributed by atoms with E-state index in [9.17, 15) is 9.59 Å². The third kappa shape index (κ3) is 3.78. The number of aromatic amines is 1. The van der Waals surface area contributed by atoms with Gasteiger partial charge in [-0.3, -0.25) is 9.59 Å². The molecule has 6 rings (SSSR count). The molecule has 3 aliphatic rings. The highest BCUT2D eigenvalue weighted by Gasteiger charge is 2.29. The summed E-state index contributed by atoms with van der Waals surface area (Å²) >= 11 is 0. The predicted octanol–water partition coefficient (Wildman–Crippen LogP) is 2.49. The molecule has 2 fully saturated rings. The summed E-state index contributed by atoms with van der Waals surface area (Å²) < 4.78 is 17.5. The van der Waals surface area contributed by atoms with E-state index < -0.39 is 0 Å². The van der Waals surface area contributed by atoms with Crippen LogP contribution < -0.4 is 19.5 Å². The Kier molecular flexibility index (Phi) is 5.20. The number of H-pyrrole nitrogens is 1. The molecule has 34 heavy (non-hydrogen) atoms. The topological polar surface area (TPSA) is 119 Å². The number of hydrogen-bond acceptors (Lipinski definition) is 7. The summed E-state index contributed by atoms with van der Waals surface area (Å²) in [6.45, 7) is 2.05. The molecule has 1 saturated heterocycles. The Balaban J connectivity index is 1.33. The number of ether oxygens (including phenoxy) is 3. The average molecular weight is 463 g/mol. The first-order chi connectivity index (χ1) is 16.7. The molecule has 10 heteroatoms. The molecule has 2 aromatic heterocycles. The molecule has 0 radical (unpaired) electrons. The lowest BCUT2D eigenvalue weighted by atomic mass is 10.0. The van der Waals surface area contributed by atoms with Crippen LogP contribution in [-0.4, -0.2) is 64.7 Å². The van der Waals surface area contributed by atoms with Crippen LogP contribution in [0.25, 0.3) is 22.3 Å². The molecule has 176 valence electrons. The lowest BCUT2D eigenvalue weighted by Crippen LogP contribution is -2.44. The van der Waals surface area contributed by atoms with E-state index in [0.717, 1.165) is 19.3 Å². The third-order valence-electron chi connectivity index (χ3n) is 6.63. The number of carbonyl (C=O) groups is 2. The molecule has 2 amide bonds. The Morgan fingerprint density at radius 2 is 2.06 bits per heavy atom. The number of rotatable bonds is 7. The van der Waals surface area contributed by atoms with Crippen molar-refractivity contribution >= 4 is 23.4 Å². The van der Waals surface area contributed by atoms with Gasteiger partial charge in [-0.2, -0.15) is 0 Å². The smallest absolute Gasteiger partial charge is 0.255 e. The van der Waals surface area contributed by atoms with Crippen molar-refractivity contribution in [3.63, 3.8) is 0 Å². The number of benzene rings is 1. The van der Waals surface area contributed by atoms with Crippen LogP contribution in [0.3, 0.4) is 0 Å². The largest absolute Gasteiger partial charge is 0.492 e. The van der Waals surface area contributed by atoms with Crippen molar-refractivity contribution in [3.8, 4) is 28.5 Å². The standard InChI is InChI=1S/C24H25N5O5/c30-12-29-7-5-15(6-8-29)28-24(31)16-9-25-22-20(16)26-11-27-21(22)19-17(32-10-14-1-2-14)3-4-18-23(19)34-13-33-18/h3-4,9,11-12,14-15,25H,1-2,5-8,10,13H2,(H,28,31). The maximum Gasteiger partial charge on any atom is 0.255 e. The number of fused-ring (bicyclic) bond motifs is 2. The fourth-order valence-electron chi connectivity index (χ4n) is 4.51. The number of piperidine rings is 1. The summed E-state index contributed by atoms with van der Waals surface area (Å²) in [5.41, 5.74) is 2.89. The van der Waals surface area contributed by atoms with E-state index in [4.69, 9.17) is 14.2 Å². The molecule has 0 spiro atoms. The number of amides is 2. The van der Waals surface area contributed by atoms with Crippen LogP contribution in [0.2, 0.25) is 0 Å². The van der Waals surface area contributed by atoms with Crippen molar-refractivity contribution in [2.75, 3.05) is 26.5 Å². The lowest BCUT2D eigenvalue weighted by Gasteiger charge is -2.29. The first-order valence-corrected chi connectivity index (χ1v) is 11.6. The summed E-state index contributed by atoms with van der Waals surface area (Å²) in [6.07, 6.45) is 7.77. The first-order valence-electron chi connectivity index (χ1n) is 11.6. The van der Waals surface area contributed by atoms with Gasteiger partial charge >= 0.3 is 0 Å². The van der Waals surface area contributed by atoms with Crippen molar-refractivity contribution in [2.45, 2.75) is 31.7 Å². The van der Waals surface area contributed by atoms with E-state index >= 15 is 0 Å². The van der Waals surface area contributed by atoms with Crippen LogP contribution in [0, 0.1) is 5.92 Å². The Morgan fingerprint density at radius 3 is 2.85 bits per heavy atom. The van der Waals surface area contributed by atoms with Crippen LogP contribution in [-0.2, 0) is 4.79 Å². The maximum absolute atomic E-state index is 13.1. The highest BCUT2D eigenvalue weighted by Crippen LogP contribution is 2.48. The van der Waals surface area contributed by atoms with Gasteiger partial charge in [-0.1, -0.05) is 0 Å². The van der Waals surface area contributed by atoms with Gasteiger partial charge in [0.1, 0.15) is 23.3 Å². The van der Waals surface area contributed by atoms with Crippen molar-refractivity contribution in [3.05, 3.63) is 30.2 Å². The van der Waals surface area contributed by atoms with E-state index in [-0.39, 0.29) is 18.7 Å². The minimum Gasteiger partial charge on any atom is -0.492 e. The number of nitrogens with one attached hydrogen (secondary N) is 2. The Hall–Kier alpha value is -3.82. The number of aromatic nitrogens is 3. The van der Waals surface area contributed by atoms with Gasteiger partial charge < -0.3 is 29.4 Å². The number of likely N-dealkylation sites (tertiary alicyclic amines) is 1. The molecule has 0 unspecified atom stereocenters. The zero-order chi connectivity index (χ0) is 23.1. The minimum atomic E-state index is -0.205. The van der Waals surface area contributed by atoms with E-state index in [2.05, 4.69) is 20.3 Å². The zero-order valence-electron chi connectivity index (χ0n) is 18.6. The molecule has 2 N–H and O–H groups in total. The van der Waals surface area contributed by atoms with E-state index in [1.165, 1.54) is 19.2 Å². The number of hydrogen-bond donors (Lipinski definition) is 2. The second kappa shape index (κ2) is 8.51. The summed E-state index contributed by atoms with van der Waals surface area (Å²) in [7, 11) is 0. The van der Waals surface area contributed by atoms with E-state index in [1.54, 1.807) is 11.1 Å². The van der Waals surface area contributed by atoms with Crippen LogP contribution in [0.1, 0.15) is 36.0 Å². The Bertz CT molecular complexity index is 1250. The van der Waals surface area contributed by atoms with Crippen LogP contribution in [0.4, 0.5) is 0 Å². The molecule has 4 heterocycles. The van der Waals surface area contributed by atoms with Gasteiger partial charge in [0, 0.05) is 25.3 Å². The number of carbonyl (C=O) groups excluding carboxylic acids is 2. The molecule has 3 aromatic rings. The predicted molar refractivity (Wildman–Crippen MR) is 122 cm³/mol. The van der Waals surface area contributed by atoms with Gasteiger partial charge in [-0.25, -0.2) is 9.97 Å². The fraction of sp³-hybridized carbons (Fsp3) is 0.417. The molecule has 1 aliphatic carbocycles. The summed E-state index contributed by atoms with van der Waals surface area (Å²) in [5, 5.41) is 3.08. The first kappa shape index (κ1) is 20.8. The second-order valence-corrected chi connectivity index (χ2v) is 8.96. The normalized spacial score (nSPS) is 17.7. The van der Waals surface area contributed by atoms with Crippen molar-refractivity contribution in [2.24, 2.45) is 5.92 Å². The third-order valence-corrected chi connectivity index (χ3v) is 6.63. The molecule has 1 saturated carbocycles. The highest BCUT2D eigenvalue weighted by molar-refractivity contribution is 6.08. The minimum absolute atomic E-state index is 0.0142.